The Morgan fingerprint density at radius 1 is 1.33 bits per heavy atom. The normalized spacial score (nSPS) is 10.5. The lowest BCUT2D eigenvalue weighted by molar-refractivity contribution is 0.102. The number of hydrogen-bond donors (Lipinski definition) is 2. The molecule has 0 aliphatic rings. The number of nitrogens with two attached hydrogens (primary N) is 1. The highest BCUT2D eigenvalue weighted by molar-refractivity contribution is 6.09. The summed E-state index contributed by atoms with van der Waals surface area (Å²) in [6.45, 7) is 0. The molecule has 0 unspecified atom stereocenters. The maximum atomic E-state index is 12.4. The lowest BCUT2D eigenvalue weighted by Gasteiger charge is -2.10. The summed E-state index contributed by atoms with van der Waals surface area (Å²) >= 11 is 0. The SMILES string of the molecule is COc1ccc(N)cc1NC(=O)c1cnn2ccccc12. The van der Waals surface area contributed by atoms with Crippen LogP contribution >= 0.6 is 0 Å². The molecule has 0 bridgehead atoms. The number of nitrogens with one attached hydrogen (secondary N) is 1. The van der Waals surface area contributed by atoms with Crippen LogP contribution in [0.25, 0.3) is 5.52 Å². The van der Waals surface area contributed by atoms with Gasteiger partial charge in [-0.05, 0) is 30.3 Å². The average Bonchev–Trinajstić information content (AvgIpc) is 2.91. The van der Waals surface area contributed by atoms with Gasteiger partial charge in [0.2, 0.25) is 0 Å². The van der Waals surface area contributed by atoms with E-state index < -0.39 is 0 Å². The number of fused-ring (bicyclic) bond motifs is 1. The van der Waals surface area contributed by atoms with E-state index in [0.717, 1.165) is 5.52 Å². The molecule has 3 aromatic rings. The highest BCUT2D eigenvalue weighted by atomic mass is 16.5. The van der Waals surface area contributed by atoms with Crippen LogP contribution in [0, 0.1) is 0 Å². The molecule has 2 heterocycles. The van der Waals surface area contributed by atoms with Gasteiger partial charge in [-0.15, -0.1) is 0 Å². The van der Waals surface area contributed by atoms with E-state index >= 15 is 0 Å². The second-order valence-electron chi connectivity index (χ2n) is 4.50. The van der Waals surface area contributed by atoms with E-state index in [4.69, 9.17) is 10.5 Å². The van der Waals surface area contributed by atoms with Gasteiger partial charge in [-0.3, -0.25) is 4.79 Å². The number of hydrogen-bond acceptors (Lipinski definition) is 4. The maximum Gasteiger partial charge on any atom is 0.259 e. The highest BCUT2D eigenvalue weighted by Crippen LogP contribution is 2.27. The predicted octanol–water partition coefficient (Wildman–Crippen LogP) is 2.18. The molecular weight excluding hydrogens is 268 g/mol. The molecule has 21 heavy (non-hydrogen) atoms. The summed E-state index contributed by atoms with van der Waals surface area (Å²) in [6.07, 6.45) is 3.32. The van der Waals surface area contributed by atoms with Crippen LogP contribution in [0.4, 0.5) is 11.4 Å². The molecular formula is C15H14N4O2. The van der Waals surface area contributed by atoms with E-state index in [1.165, 1.54) is 13.3 Å². The lowest BCUT2D eigenvalue weighted by atomic mass is 10.2. The molecule has 6 nitrogen and oxygen atoms in total. The molecule has 0 saturated carbocycles. The fourth-order valence-electron chi connectivity index (χ4n) is 2.12. The maximum absolute atomic E-state index is 12.4. The van der Waals surface area contributed by atoms with Gasteiger partial charge in [0.25, 0.3) is 5.91 Å². The number of benzene rings is 1. The standard InChI is InChI=1S/C15H14N4O2/c1-21-14-6-5-10(16)8-12(14)18-15(20)11-9-17-19-7-3-2-4-13(11)19/h2-9H,16H2,1H3,(H,18,20). The number of pyridine rings is 1. The first kappa shape index (κ1) is 13.0. The van der Waals surface area contributed by atoms with Crippen LogP contribution < -0.4 is 15.8 Å². The van der Waals surface area contributed by atoms with Crippen molar-refractivity contribution in [1.82, 2.24) is 9.61 Å². The first-order valence-corrected chi connectivity index (χ1v) is 6.36. The van der Waals surface area contributed by atoms with Crippen molar-refractivity contribution in [2.24, 2.45) is 0 Å². The summed E-state index contributed by atoms with van der Waals surface area (Å²) in [7, 11) is 1.54. The van der Waals surface area contributed by atoms with Gasteiger partial charge in [0.15, 0.2) is 0 Å². The molecule has 0 spiro atoms. The highest BCUT2D eigenvalue weighted by Gasteiger charge is 2.14. The molecule has 0 atom stereocenters. The van der Waals surface area contributed by atoms with Crippen LogP contribution in [0.1, 0.15) is 10.4 Å². The van der Waals surface area contributed by atoms with E-state index in [1.54, 1.807) is 28.9 Å². The molecule has 1 aromatic carbocycles. The third kappa shape index (κ3) is 2.38. The molecule has 2 aromatic heterocycles. The number of nitrogens with zero attached hydrogens (tertiary/aromatic N) is 2. The number of ether oxygens (including phenoxy) is 1. The number of carbonyl (C=O) groups is 1. The van der Waals surface area contributed by atoms with Crippen LogP contribution in [0.2, 0.25) is 0 Å². The van der Waals surface area contributed by atoms with Crippen molar-refractivity contribution in [3.63, 3.8) is 0 Å². The average molecular weight is 282 g/mol. The number of anilines is 2. The number of nitrogen functional groups attached to an aromatic ring is 1. The van der Waals surface area contributed by atoms with Gasteiger partial charge in [-0.2, -0.15) is 5.10 Å². The van der Waals surface area contributed by atoms with Crippen molar-refractivity contribution in [1.29, 1.82) is 0 Å². The predicted molar refractivity (Wildman–Crippen MR) is 80.6 cm³/mol. The van der Waals surface area contributed by atoms with Crippen molar-refractivity contribution in [3.05, 3.63) is 54.4 Å². The van der Waals surface area contributed by atoms with E-state index in [2.05, 4.69) is 10.4 Å². The summed E-state index contributed by atoms with van der Waals surface area (Å²) in [5, 5.41) is 6.94. The molecule has 0 radical (unpaired) electrons. The van der Waals surface area contributed by atoms with Crippen molar-refractivity contribution in [2.75, 3.05) is 18.2 Å². The Morgan fingerprint density at radius 3 is 3.00 bits per heavy atom. The van der Waals surface area contributed by atoms with Gasteiger partial charge in [-0.25, -0.2) is 4.52 Å². The Hall–Kier alpha value is -3.02. The topological polar surface area (TPSA) is 81.6 Å². The van der Waals surface area contributed by atoms with Gasteiger partial charge in [0.05, 0.1) is 30.1 Å². The number of carbonyl (C=O) groups excluding carboxylic acids is 1. The zero-order valence-electron chi connectivity index (χ0n) is 11.4. The van der Waals surface area contributed by atoms with Crippen molar-refractivity contribution in [2.45, 2.75) is 0 Å². The van der Waals surface area contributed by atoms with E-state index in [9.17, 15) is 4.79 Å². The quantitative estimate of drug-likeness (QED) is 0.721. The Bertz CT molecular complexity index is 810. The minimum atomic E-state index is -0.264. The second kappa shape index (κ2) is 5.16. The summed E-state index contributed by atoms with van der Waals surface area (Å²) < 4.78 is 6.86. The molecule has 0 aliphatic carbocycles. The molecule has 1 amide bonds. The summed E-state index contributed by atoms with van der Waals surface area (Å²) in [5.41, 5.74) is 8.04. The summed E-state index contributed by atoms with van der Waals surface area (Å²) in [4.78, 5) is 12.4. The fraction of sp³-hybridized carbons (Fsp3) is 0.0667. The minimum absolute atomic E-state index is 0.264. The largest absolute Gasteiger partial charge is 0.495 e. The Kier molecular flexibility index (Phi) is 3.19. The van der Waals surface area contributed by atoms with Gasteiger partial charge in [0.1, 0.15) is 5.75 Å². The summed E-state index contributed by atoms with van der Waals surface area (Å²) in [5.74, 6) is 0.286. The Balaban J connectivity index is 1.95. The number of methoxy groups -OCH3 is 1. The van der Waals surface area contributed by atoms with Crippen LogP contribution in [0.15, 0.2) is 48.8 Å². The zero-order valence-corrected chi connectivity index (χ0v) is 11.4. The van der Waals surface area contributed by atoms with Gasteiger partial charge >= 0.3 is 0 Å². The van der Waals surface area contributed by atoms with E-state index in [-0.39, 0.29) is 5.91 Å². The molecule has 6 heteroatoms. The lowest BCUT2D eigenvalue weighted by Crippen LogP contribution is -2.12. The second-order valence-corrected chi connectivity index (χ2v) is 4.50. The molecule has 3 rings (SSSR count). The van der Waals surface area contributed by atoms with Crippen molar-refractivity contribution < 1.29 is 9.53 Å². The van der Waals surface area contributed by atoms with Crippen molar-refractivity contribution >= 4 is 22.8 Å². The smallest absolute Gasteiger partial charge is 0.259 e. The van der Waals surface area contributed by atoms with Crippen LogP contribution in [-0.2, 0) is 0 Å². The Morgan fingerprint density at radius 2 is 2.19 bits per heavy atom. The Labute approximate surface area is 121 Å². The van der Waals surface area contributed by atoms with Gasteiger partial charge in [-0.1, -0.05) is 6.07 Å². The molecule has 0 fully saturated rings. The fourth-order valence-corrected chi connectivity index (χ4v) is 2.12. The molecule has 0 aliphatic heterocycles. The van der Waals surface area contributed by atoms with E-state index in [0.29, 0.717) is 22.7 Å². The summed E-state index contributed by atoms with van der Waals surface area (Å²) in [6, 6.07) is 10.6. The molecule has 3 N–H and O–H groups in total. The van der Waals surface area contributed by atoms with E-state index in [1.807, 2.05) is 18.2 Å². The first-order chi connectivity index (χ1) is 10.2. The van der Waals surface area contributed by atoms with Gasteiger partial charge < -0.3 is 15.8 Å². The van der Waals surface area contributed by atoms with Crippen molar-refractivity contribution in [3.8, 4) is 5.75 Å². The molecule has 106 valence electrons. The minimum Gasteiger partial charge on any atom is -0.495 e. The zero-order chi connectivity index (χ0) is 14.8. The molecule has 0 saturated heterocycles. The van der Waals surface area contributed by atoms with Crippen LogP contribution in [0.5, 0.6) is 5.75 Å². The number of amides is 1. The van der Waals surface area contributed by atoms with Gasteiger partial charge in [0, 0.05) is 11.9 Å². The third-order valence-electron chi connectivity index (χ3n) is 3.14. The first-order valence-electron chi connectivity index (χ1n) is 6.36. The van der Waals surface area contributed by atoms with Crippen LogP contribution in [0.3, 0.4) is 0 Å². The third-order valence-corrected chi connectivity index (χ3v) is 3.14. The van der Waals surface area contributed by atoms with Crippen LogP contribution in [-0.4, -0.2) is 22.6 Å². The number of rotatable bonds is 3. The monoisotopic (exact) mass is 282 g/mol. The number of aromatic nitrogens is 2.